The Labute approximate surface area is 83.2 Å². The first-order chi connectivity index (χ1) is 6.83. The maximum absolute atomic E-state index is 5.25. The van der Waals surface area contributed by atoms with Gasteiger partial charge in [0, 0.05) is 0 Å². The summed E-state index contributed by atoms with van der Waals surface area (Å²) in [5.41, 5.74) is 2.51. The fraction of sp³-hybridized carbons (Fsp3) is 0.182. The van der Waals surface area contributed by atoms with Crippen molar-refractivity contribution in [1.82, 2.24) is 0 Å². The van der Waals surface area contributed by atoms with Gasteiger partial charge in [0.1, 0.15) is 6.26 Å². The Morgan fingerprint density at radius 1 is 1.21 bits per heavy atom. The first-order valence-corrected chi connectivity index (χ1v) is 4.05. The van der Waals surface area contributed by atoms with Crippen molar-refractivity contribution in [3.05, 3.63) is 36.8 Å². The second-order valence-corrected chi connectivity index (χ2v) is 2.43. The minimum absolute atomic E-state index is 0.522. The van der Waals surface area contributed by atoms with Gasteiger partial charge in [0.2, 0.25) is 5.75 Å². The molecule has 0 bridgehead atoms. The van der Waals surface area contributed by atoms with Crippen LogP contribution in [0, 0.1) is 0 Å². The van der Waals surface area contributed by atoms with Crippen molar-refractivity contribution in [2.75, 3.05) is 14.2 Å². The second-order valence-electron chi connectivity index (χ2n) is 2.43. The highest BCUT2D eigenvalue weighted by atomic mass is 16.5. The minimum Gasteiger partial charge on any atom is -0.493 e. The molecule has 0 saturated heterocycles. The number of methoxy groups -OCH3 is 2. The van der Waals surface area contributed by atoms with Crippen LogP contribution in [0.2, 0.25) is 0 Å². The lowest BCUT2D eigenvalue weighted by molar-refractivity contribution is 0.346. The third-order valence-corrected chi connectivity index (χ3v) is 1.64. The predicted octanol–water partition coefficient (Wildman–Crippen LogP) is 2.38. The van der Waals surface area contributed by atoms with E-state index in [4.69, 9.17) is 14.2 Å². The van der Waals surface area contributed by atoms with Gasteiger partial charge in [0.05, 0.1) is 14.2 Å². The summed E-state index contributed by atoms with van der Waals surface area (Å²) >= 11 is 0. The predicted molar refractivity (Wildman–Crippen MR) is 53.9 cm³/mol. The van der Waals surface area contributed by atoms with Gasteiger partial charge in [-0.3, -0.25) is 0 Å². The number of ether oxygens (including phenoxy) is 3. The van der Waals surface area contributed by atoms with Gasteiger partial charge in [0.15, 0.2) is 11.5 Å². The molecule has 0 amide bonds. The Kier molecular flexibility index (Phi) is 3.65. The molecular formula is C11H12O3. The van der Waals surface area contributed by atoms with E-state index in [2.05, 4.69) is 12.3 Å². The van der Waals surface area contributed by atoms with E-state index in [1.54, 1.807) is 26.4 Å². The van der Waals surface area contributed by atoms with Crippen molar-refractivity contribution in [1.29, 1.82) is 0 Å². The number of rotatable bonds is 4. The lowest BCUT2D eigenvalue weighted by atomic mass is 10.3. The summed E-state index contributed by atoms with van der Waals surface area (Å²) in [7, 11) is 3.14. The molecule has 0 N–H and O–H groups in total. The second kappa shape index (κ2) is 5.00. The van der Waals surface area contributed by atoms with Gasteiger partial charge in [-0.25, -0.2) is 0 Å². The molecule has 3 heteroatoms. The van der Waals surface area contributed by atoms with Crippen LogP contribution < -0.4 is 14.2 Å². The summed E-state index contributed by atoms with van der Waals surface area (Å²) in [5.74, 6) is 1.74. The van der Waals surface area contributed by atoms with Crippen LogP contribution in [0.15, 0.2) is 36.8 Å². The molecular weight excluding hydrogens is 180 g/mol. The fourth-order valence-corrected chi connectivity index (χ4v) is 1.03. The van der Waals surface area contributed by atoms with E-state index >= 15 is 0 Å². The monoisotopic (exact) mass is 192 g/mol. The maximum Gasteiger partial charge on any atom is 0.211 e. The van der Waals surface area contributed by atoms with E-state index in [9.17, 15) is 0 Å². The molecule has 0 aromatic heterocycles. The highest BCUT2D eigenvalue weighted by Crippen LogP contribution is 2.36. The highest BCUT2D eigenvalue weighted by Gasteiger charge is 2.09. The van der Waals surface area contributed by atoms with Crippen LogP contribution in [-0.2, 0) is 0 Å². The molecule has 0 atom stereocenters. The van der Waals surface area contributed by atoms with Crippen molar-refractivity contribution in [3.8, 4) is 17.2 Å². The van der Waals surface area contributed by atoms with E-state index in [0.717, 1.165) is 0 Å². The maximum atomic E-state index is 5.25. The Balaban J connectivity index is 3.11. The van der Waals surface area contributed by atoms with Crippen LogP contribution in [-0.4, -0.2) is 14.2 Å². The van der Waals surface area contributed by atoms with E-state index in [1.807, 2.05) is 6.07 Å². The fourth-order valence-electron chi connectivity index (χ4n) is 1.03. The van der Waals surface area contributed by atoms with Gasteiger partial charge in [-0.2, -0.15) is 0 Å². The summed E-state index contributed by atoms with van der Waals surface area (Å²) in [4.78, 5) is 0. The smallest absolute Gasteiger partial charge is 0.211 e. The van der Waals surface area contributed by atoms with Crippen molar-refractivity contribution in [2.24, 2.45) is 0 Å². The van der Waals surface area contributed by atoms with Gasteiger partial charge >= 0.3 is 0 Å². The van der Waals surface area contributed by atoms with E-state index in [0.29, 0.717) is 17.2 Å². The summed E-state index contributed by atoms with van der Waals surface area (Å²) < 4.78 is 15.5. The molecule has 1 aromatic rings. The van der Waals surface area contributed by atoms with Gasteiger partial charge in [0.25, 0.3) is 0 Å². The zero-order chi connectivity index (χ0) is 10.4. The quantitative estimate of drug-likeness (QED) is 0.541. The highest BCUT2D eigenvalue weighted by molar-refractivity contribution is 5.51. The Bertz CT molecular complexity index is 329. The molecule has 0 fully saturated rings. The lowest BCUT2D eigenvalue weighted by Gasteiger charge is -2.10. The van der Waals surface area contributed by atoms with Crippen molar-refractivity contribution >= 4 is 0 Å². The molecule has 0 aliphatic carbocycles. The molecule has 0 spiro atoms. The molecule has 74 valence electrons. The average molecular weight is 192 g/mol. The normalized spacial score (nSPS) is 8.71. The number of para-hydroxylation sites is 1. The van der Waals surface area contributed by atoms with E-state index in [1.165, 1.54) is 6.26 Å². The van der Waals surface area contributed by atoms with Crippen LogP contribution in [0.3, 0.4) is 0 Å². The van der Waals surface area contributed by atoms with Crippen LogP contribution in [0.5, 0.6) is 17.2 Å². The molecule has 0 heterocycles. The largest absolute Gasteiger partial charge is 0.493 e. The van der Waals surface area contributed by atoms with Crippen LogP contribution >= 0.6 is 0 Å². The number of hydrogen-bond donors (Lipinski definition) is 0. The van der Waals surface area contributed by atoms with Gasteiger partial charge in [-0.1, -0.05) is 18.4 Å². The first kappa shape index (κ1) is 10.2. The summed E-state index contributed by atoms with van der Waals surface area (Å²) in [6.45, 7) is 3.40. The first-order valence-electron chi connectivity index (χ1n) is 4.05. The van der Waals surface area contributed by atoms with E-state index < -0.39 is 0 Å². The number of hydrogen-bond acceptors (Lipinski definition) is 3. The molecule has 0 radical (unpaired) electrons. The molecule has 0 unspecified atom stereocenters. The van der Waals surface area contributed by atoms with Crippen LogP contribution in [0.1, 0.15) is 0 Å². The molecule has 0 saturated carbocycles. The van der Waals surface area contributed by atoms with Crippen LogP contribution in [0.25, 0.3) is 0 Å². The average Bonchev–Trinajstić information content (AvgIpc) is 2.25. The number of benzene rings is 1. The Hall–Kier alpha value is -1.86. The summed E-state index contributed by atoms with van der Waals surface area (Å²) in [5, 5.41) is 0. The van der Waals surface area contributed by atoms with Crippen molar-refractivity contribution in [3.63, 3.8) is 0 Å². The minimum atomic E-state index is 0.522. The SMILES string of the molecule is C=C=COc1c(OC)cccc1OC. The summed E-state index contributed by atoms with van der Waals surface area (Å²) in [6.07, 6.45) is 1.35. The summed E-state index contributed by atoms with van der Waals surface area (Å²) in [6, 6.07) is 5.39. The lowest BCUT2D eigenvalue weighted by Crippen LogP contribution is -1.93. The van der Waals surface area contributed by atoms with E-state index in [-0.39, 0.29) is 0 Å². The molecule has 0 aliphatic rings. The molecule has 14 heavy (non-hydrogen) atoms. The van der Waals surface area contributed by atoms with Crippen LogP contribution in [0.4, 0.5) is 0 Å². The topological polar surface area (TPSA) is 27.7 Å². The molecule has 1 rings (SSSR count). The standard InChI is InChI=1S/C11H12O3/c1-4-8-14-11-9(12-2)6-5-7-10(11)13-3/h5-8H,1H2,2-3H3. The molecule has 1 aromatic carbocycles. The van der Waals surface area contributed by atoms with Gasteiger partial charge in [-0.15, -0.1) is 0 Å². The zero-order valence-electron chi connectivity index (χ0n) is 8.24. The zero-order valence-corrected chi connectivity index (χ0v) is 8.24. The molecule has 3 nitrogen and oxygen atoms in total. The van der Waals surface area contributed by atoms with Gasteiger partial charge < -0.3 is 14.2 Å². The third-order valence-electron chi connectivity index (χ3n) is 1.64. The Morgan fingerprint density at radius 2 is 1.79 bits per heavy atom. The van der Waals surface area contributed by atoms with Crippen molar-refractivity contribution in [2.45, 2.75) is 0 Å². The van der Waals surface area contributed by atoms with Gasteiger partial charge in [-0.05, 0) is 12.1 Å². The Morgan fingerprint density at radius 3 is 2.21 bits per heavy atom. The molecule has 0 aliphatic heterocycles. The third kappa shape index (κ3) is 2.09. The van der Waals surface area contributed by atoms with Crippen molar-refractivity contribution < 1.29 is 14.2 Å².